The van der Waals surface area contributed by atoms with Gasteiger partial charge in [-0.1, -0.05) is 131 Å². The molecule has 0 radical (unpaired) electrons. The van der Waals surface area contributed by atoms with Crippen LogP contribution in [-0.2, 0) is 15.2 Å². The van der Waals surface area contributed by atoms with Gasteiger partial charge >= 0.3 is 0 Å². The second-order valence-electron chi connectivity index (χ2n) is 9.07. The fourth-order valence-electron chi connectivity index (χ4n) is 4.73. The topological polar surface area (TPSA) is 76.5 Å². The molecular formula is C32H23ClN4O2S3. The lowest BCUT2D eigenvalue weighted by Crippen LogP contribution is -2.38. The maximum atomic E-state index is 13.5. The molecule has 6 rings (SSSR count). The van der Waals surface area contributed by atoms with E-state index in [1.54, 1.807) is 0 Å². The lowest BCUT2D eigenvalue weighted by Gasteiger charge is -2.36. The molecule has 6 nitrogen and oxygen atoms in total. The van der Waals surface area contributed by atoms with Crippen LogP contribution in [0.1, 0.15) is 22.4 Å². The number of halogens is 1. The number of para-hydroxylation sites is 1. The molecule has 208 valence electrons. The molecular weight excluding hydrogens is 604 g/mol. The largest absolute Gasteiger partial charge is 0.398 e. The van der Waals surface area contributed by atoms with Gasteiger partial charge in [0.1, 0.15) is 22.7 Å². The molecule has 0 aliphatic carbocycles. The normalized spacial score (nSPS) is 11.9. The Bertz CT molecular complexity index is 1730. The first-order valence-corrected chi connectivity index (χ1v) is 15.7. The number of hydrogen-bond acceptors (Lipinski definition) is 9. The molecule has 0 saturated carbocycles. The Hall–Kier alpha value is -4.02. The minimum Gasteiger partial charge on any atom is -0.398 e. The first kappa shape index (κ1) is 28.1. The van der Waals surface area contributed by atoms with Crippen molar-refractivity contribution in [1.29, 1.82) is 0 Å². The summed E-state index contributed by atoms with van der Waals surface area (Å²) in [4.78, 5) is 27.9. The Morgan fingerprint density at radius 3 is 1.90 bits per heavy atom. The Morgan fingerprint density at radius 1 is 0.810 bits per heavy atom. The molecule has 2 heterocycles. The number of oxime groups is 1. The van der Waals surface area contributed by atoms with Crippen molar-refractivity contribution in [3.05, 3.63) is 142 Å². The molecule has 0 saturated heterocycles. The van der Waals surface area contributed by atoms with Crippen LogP contribution in [0.25, 0.3) is 10.2 Å². The number of nitrogens with zero attached hydrogens (tertiary/aromatic N) is 3. The molecule has 0 aliphatic rings. The fraction of sp³-hybridized carbons (Fsp3) is 0.0625. The van der Waals surface area contributed by atoms with E-state index in [1.165, 1.54) is 29.8 Å². The van der Waals surface area contributed by atoms with Gasteiger partial charge in [0, 0.05) is 0 Å². The van der Waals surface area contributed by atoms with Gasteiger partial charge in [-0.3, -0.25) is 4.79 Å². The predicted octanol–water partition coefficient (Wildman–Crippen LogP) is 8.48. The monoisotopic (exact) mass is 626 g/mol. The second-order valence-corrected chi connectivity index (χ2v) is 12.9. The number of rotatable bonds is 9. The molecule has 0 spiro atoms. The standard InChI is InChI=1S/C32H23ClN4O2S3/c1-39-37-27(29(38)42-31-34-24-19-11-12-20-25(24)40-31)26-28(33)41-30(35-26)36-32(21-13-5-2-6-14-21,22-15-7-3-8-16-22)23-17-9-4-10-18-23/h2-20H,1H3,(H,35,36). The SMILES string of the molecule is CON=C(C(=O)Sc1nc2ccccc2s1)c1nc(NC(c2ccccc2)(c2ccccc2)c2ccccc2)sc1Cl. The third kappa shape index (κ3) is 5.56. The van der Waals surface area contributed by atoms with E-state index in [0.717, 1.165) is 38.7 Å². The molecule has 0 bridgehead atoms. The lowest BCUT2D eigenvalue weighted by atomic mass is 9.77. The lowest BCUT2D eigenvalue weighted by molar-refractivity contribution is -0.105. The third-order valence-electron chi connectivity index (χ3n) is 6.56. The summed E-state index contributed by atoms with van der Waals surface area (Å²) < 4.78 is 1.91. The second kappa shape index (κ2) is 12.5. The van der Waals surface area contributed by atoms with Gasteiger partial charge in [-0.15, -0.1) is 11.3 Å². The first-order chi connectivity index (χ1) is 20.6. The molecule has 0 atom stereocenters. The number of aromatic nitrogens is 2. The van der Waals surface area contributed by atoms with Crippen LogP contribution in [0.2, 0.25) is 4.34 Å². The van der Waals surface area contributed by atoms with Crippen LogP contribution in [0.15, 0.2) is 125 Å². The Balaban J connectivity index is 1.41. The number of hydrogen-bond donors (Lipinski definition) is 1. The van der Waals surface area contributed by atoms with Crippen LogP contribution in [-0.4, -0.2) is 27.9 Å². The highest BCUT2D eigenvalue weighted by atomic mass is 35.5. The fourth-order valence-corrected chi connectivity index (χ4v) is 7.73. The third-order valence-corrected chi connectivity index (χ3v) is 9.70. The summed E-state index contributed by atoms with van der Waals surface area (Å²) in [7, 11) is 1.39. The van der Waals surface area contributed by atoms with Crippen LogP contribution >= 0.6 is 46.0 Å². The van der Waals surface area contributed by atoms with Crippen molar-refractivity contribution < 1.29 is 9.63 Å². The molecule has 42 heavy (non-hydrogen) atoms. The van der Waals surface area contributed by atoms with Crippen molar-refractivity contribution in [2.75, 3.05) is 12.4 Å². The number of nitrogens with one attached hydrogen (secondary N) is 1. The van der Waals surface area contributed by atoms with E-state index in [-0.39, 0.29) is 16.5 Å². The number of carbonyl (C=O) groups is 1. The zero-order valence-corrected chi connectivity index (χ0v) is 25.4. The van der Waals surface area contributed by atoms with E-state index in [9.17, 15) is 4.79 Å². The minimum absolute atomic E-state index is 0.0146. The highest BCUT2D eigenvalue weighted by Gasteiger charge is 2.38. The molecule has 0 amide bonds. The van der Waals surface area contributed by atoms with Crippen LogP contribution in [0.5, 0.6) is 0 Å². The highest BCUT2D eigenvalue weighted by Crippen LogP contribution is 2.42. The molecule has 0 fully saturated rings. The van der Waals surface area contributed by atoms with Gasteiger partial charge in [0.15, 0.2) is 15.2 Å². The number of thioether (sulfide) groups is 1. The van der Waals surface area contributed by atoms with Crippen molar-refractivity contribution in [3.8, 4) is 0 Å². The van der Waals surface area contributed by atoms with E-state index in [0.29, 0.717) is 13.8 Å². The van der Waals surface area contributed by atoms with Gasteiger partial charge in [0.2, 0.25) is 5.12 Å². The van der Waals surface area contributed by atoms with Gasteiger partial charge in [0.25, 0.3) is 0 Å². The average Bonchev–Trinajstić information content (AvgIpc) is 3.61. The Kier molecular flexibility index (Phi) is 8.34. The van der Waals surface area contributed by atoms with Crippen LogP contribution in [0.4, 0.5) is 5.13 Å². The summed E-state index contributed by atoms with van der Waals surface area (Å²) in [5.41, 5.74) is 3.34. The summed E-state index contributed by atoms with van der Waals surface area (Å²) in [6.45, 7) is 0. The number of carbonyl (C=O) groups excluding carboxylic acids is 1. The minimum atomic E-state index is -0.805. The van der Waals surface area contributed by atoms with Gasteiger partial charge in [-0.25, -0.2) is 9.97 Å². The molecule has 6 aromatic rings. The number of fused-ring (bicyclic) bond motifs is 1. The van der Waals surface area contributed by atoms with E-state index in [1.807, 2.05) is 78.9 Å². The smallest absolute Gasteiger partial charge is 0.250 e. The maximum Gasteiger partial charge on any atom is 0.250 e. The summed E-state index contributed by atoms with van der Waals surface area (Å²) in [6.07, 6.45) is 0. The van der Waals surface area contributed by atoms with Gasteiger partial charge < -0.3 is 10.2 Å². The van der Waals surface area contributed by atoms with Crippen molar-refractivity contribution in [3.63, 3.8) is 0 Å². The first-order valence-electron chi connectivity index (χ1n) is 12.9. The van der Waals surface area contributed by atoms with Crippen molar-refractivity contribution >= 4 is 72.2 Å². The summed E-state index contributed by atoms with van der Waals surface area (Å²) >= 11 is 10.4. The van der Waals surface area contributed by atoms with Crippen LogP contribution in [0, 0.1) is 0 Å². The molecule has 2 aromatic heterocycles. The van der Waals surface area contributed by atoms with Crippen LogP contribution < -0.4 is 5.32 Å². The highest BCUT2D eigenvalue weighted by molar-refractivity contribution is 8.16. The van der Waals surface area contributed by atoms with Crippen LogP contribution in [0.3, 0.4) is 0 Å². The van der Waals surface area contributed by atoms with Gasteiger partial charge in [-0.05, 0) is 40.6 Å². The zero-order valence-electron chi connectivity index (χ0n) is 22.2. The average molecular weight is 627 g/mol. The van der Waals surface area contributed by atoms with E-state index in [2.05, 4.69) is 51.9 Å². The molecule has 10 heteroatoms. The van der Waals surface area contributed by atoms with E-state index >= 15 is 0 Å². The number of anilines is 1. The molecule has 0 aliphatic heterocycles. The summed E-state index contributed by atoms with van der Waals surface area (Å²) in [6, 6.07) is 38.3. The van der Waals surface area contributed by atoms with Crippen molar-refractivity contribution in [2.24, 2.45) is 5.16 Å². The van der Waals surface area contributed by atoms with Gasteiger partial charge in [0.05, 0.1) is 10.2 Å². The predicted molar refractivity (Wildman–Crippen MR) is 174 cm³/mol. The number of benzene rings is 4. The molecule has 1 N–H and O–H groups in total. The Morgan fingerprint density at radius 2 is 1.36 bits per heavy atom. The van der Waals surface area contributed by atoms with Crippen molar-refractivity contribution in [2.45, 2.75) is 9.88 Å². The number of thiazole rings is 2. The summed E-state index contributed by atoms with van der Waals surface area (Å²) in [5, 5.41) is 7.91. The van der Waals surface area contributed by atoms with E-state index in [4.69, 9.17) is 21.4 Å². The maximum absolute atomic E-state index is 13.5. The molecule has 0 unspecified atom stereocenters. The zero-order chi connectivity index (χ0) is 28.9. The molecule has 4 aromatic carbocycles. The quantitative estimate of drug-likeness (QED) is 0.0751. The Labute approximate surface area is 260 Å². The summed E-state index contributed by atoms with van der Waals surface area (Å²) in [5.74, 6) is 0. The van der Waals surface area contributed by atoms with Crippen molar-refractivity contribution in [1.82, 2.24) is 9.97 Å². The van der Waals surface area contributed by atoms with E-state index < -0.39 is 5.54 Å². The van der Waals surface area contributed by atoms with Gasteiger partial charge in [-0.2, -0.15) is 0 Å².